The topological polar surface area (TPSA) is 76.8 Å². The van der Waals surface area contributed by atoms with Gasteiger partial charge in [-0.1, -0.05) is 29.3 Å². The first-order chi connectivity index (χ1) is 16.3. The molecule has 0 radical (unpaired) electrons. The number of esters is 1. The lowest BCUT2D eigenvalue weighted by Crippen LogP contribution is -2.28. The van der Waals surface area contributed by atoms with Crippen LogP contribution in [0, 0.1) is 5.82 Å². The van der Waals surface area contributed by atoms with Gasteiger partial charge in [0.25, 0.3) is 11.1 Å². The fourth-order valence-corrected chi connectivity index (χ4v) is 4.47. The predicted octanol–water partition coefficient (Wildman–Crippen LogP) is 6.81. The van der Waals surface area contributed by atoms with Crippen molar-refractivity contribution in [1.82, 2.24) is 4.90 Å². The normalized spacial score (nSPS) is 14.8. The number of imide groups is 1. The number of ether oxygens (including phenoxy) is 1. The average Bonchev–Trinajstić information content (AvgIpc) is 3.36. The van der Waals surface area contributed by atoms with E-state index >= 15 is 0 Å². The summed E-state index contributed by atoms with van der Waals surface area (Å²) in [5, 5.41) is -0.166. The Morgan fingerprint density at radius 2 is 1.94 bits per heavy atom. The molecule has 0 atom stereocenters. The third kappa shape index (κ3) is 4.89. The number of furan rings is 1. The van der Waals surface area contributed by atoms with E-state index < -0.39 is 22.9 Å². The zero-order valence-corrected chi connectivity index (χ0v) is 20.0. The van der Waals surface area contributed by atoms with Gasteiger partial charge in [-0.25, -0.2) is 9.18 Å². The molecule has 10 heteroatoms. The molecule has 0 N–H and O–H groups in total. The second kappa shape index (κ2) is 10.0. The molecule has 1 aliphatic heterocycles. The van der Waals surface area contributed by atoms with E-state index in [-0.39, 0.29) is 39.2 Å². The highest BCUT2D eigenvalue weighted by molar-refractivity contribution is 8.18. The molecular formula is C24H16Cl2FNO5S. The lowest BCUT2D eigenvalue weighted by Gasteiger charge is -2.14. The van der Waals surface area contributed by atoms with Gasteiger partial charge in [-0.05, 0) is 61.2 Å². The van der Waals surface area contributed by atoms with Crippen LogP contribution in [-0.2, 0) is 16.1 Å². The van der Waals surface area contributed by atoms with Crippen LogP contribution in [0.15, 0.2) is 57.9 Å². The number of carbonyl (C=O) groups excluding carboxylic acids is 3. The van der Waals surface area contributed by atoms with Crippen LogP contribution in [0.5, 0.6) is 0 Å². The molecule has 2 aromatic carbocycles. The van der Waals surface area contributed by atoms with Crippen molar-refractivity contribution in [3.05, 3.63) is 86.2 Å². The molecule has 174 valence electrons. The van der Waals surface area contributed by atoms with Gasteiger partial charge in [-0.15, -0.1) is 0 Å². The number of thioether (sulfide) groups is 1. The van der Waals surface area contributed by atoms with Crippen LogP contribution in [0.4, 0.5) is 9.18 Å². The Morgan fingerprint density at radius 1 is 1.15 bits per heavy atom. The van der Waals surface area contributed by atoms with Crippen molar-refractivity contribution >= 4 is 58.2 Å². The number of hydrogen-bond acceptors (Lipinski definition) is 6. The fraction of sp³-hybridized carbons (Fsp3) is 0.125. The molecule has 0 saturated carbocycles. The van der Waals surface area contributed by atoms with Gasteiger partial charge in [0.2, 0.25) is 0 Å². The zero-order chi connectivity index (χ0) is 24.4. The van der Waals surface area contributed by atoms with Gasteiger partial charge in [0.05, 0.1) is 28.6 Å². The molecule has 0 bridgehead atoms. The molecule has 34 heavy (non-hydrogen) atoms. The van der Waals surface area contributed by atoms with Crippen molar-refractivity contribution in [3.63, 3.8) is 0 Å². The van der Waals surface area contributed by atoms with Crippen LogP contribution in [0.2, 0.25) is 10.0 Å². The van der Waals surface area contributed by atoms with Gasteiger partial charge in [-0.2, -0.15) is 0 Å². The SMILES string of the molecule is CCOC(=O)c1cc(-c2ccc(/C=C3/SC(=O)N(Cc4c(F)cccc4Cl)C3=O)o2)ccc1Cl. The monoisotopic (exact) mass is 519 g/mol. The van der Waals surface area contributed by atoms with Crippen molar-refractivity contribution in [2.45, 2.75) is 13.5 Å². The second-order valence-corrected chi connectivity index (χ2v) is 8.89. The molecule has 1 aliphatic rings. The smallest absolute Gasteiger partial charge is 0.339 e. The summed E-state index contributed by atoms with van der Waals surface area (Å²) in [7, 11) is 0. The maximum absolute atomic E-state index is 14.1. The van der Waals surface area contributed by atoms with Gasteiger partial charge < -0.3 is 9.15 Å². The molecule has 1 aromatic heterocycles. The number of carbonyl (C=O) groups is 3. The Kier molecular flexibility index (Phi) is 7.11. The minimum atomic E-state index is -0.601. The Morgan fingerprint density at radius 3 is 2.68 bits per heavy atom. The van der Waals surface area contributed by atoms with Crippen molar-refractivity contribution in [3.8, 4) is 11.3 Å². The minimum absolute atomic E-state index is 0.0631. The molecule has 3 aromatic rings. The number of rotatable bonds is 6. The summed E-state index contributed by atoms with van der Waals surface area (Å²) in [5.74, 6) is -0.993. The largest absolute Gasteiger partial charge is 0.462 e. The third-order valence-electron chi connectivity index (χ3n) is 4.90. The Bertz CT molecular complexity index is 1320. The van der Waals surface area contributed by atoms with Gasteiger partial charge in [-0.3, -0.25) is 14.5 Å². The Labute approximate surface area is 208 Å². The lowest BCUT2D eigenvalue weighted by atomic mass is 10.1. The maximum Gasteiger partial charge on any atom is 0.339 e. The van der Waals surface area contributed by atoms with E-state index in [9.17, 15) is 18.8 Å². The Hall–Kier alpha value is -3.07. The Balaban J connectivity index is 1.56. The van der Waals surface area contributed by atoms with Gasteiger partial charge in [0.15, 0.2) is 0 Å². The van der Waals surface area contributed by atoms with E-state index in [0.717, 1.165) is 16.7 Å². The van der Waals surface area contributed by atoms with E-state index in [1.165, 1.54) is 24.3 Å². The van der Waals surface area contributed by atoms with Crippen LogP contribution >= 0.6 is 35.0 Å². The van der Waals surface area contributed by atoms with Gasteiger partial charge in [0, 0.05) is 22.2 Å². The number of hydrogen-bond donors (Lipinski definition) is 0. The molecule has 0 spiro atoms. The standard InChI is InChI=1S/C24H16Cl2FNO5S/c1-2-32-23(30)15-10-13(6-8-18(15)26)20-9-7-14(33-20)11-21-22(29)28(24(31)34-21)12-16-17(25)4-3-5-19(16)27/h3-11H,2,12H2,1H3/b21-11+. The first kappa shape index (κ1) is 24.1. The highest BCUT2D eigenvalue weighted by Crippen LogP contribution is 2.35. The summed E-state index contributed by atoms with van der Waals surface area (Å²) in [6, 6.07) is 12.2. The minimum Gasteiger partial charge on any atom is -0.462 e. The van der Waals surface area contributed by atoms with E-state index in [1.807, 2.05) is 0 Å². The molecule has 1 fully saturated rings. The maximum atomic E-state index is 14.1. The lowest BCUT2D eigenvalue weighted by molar-refractivity contribution is -0.123. The van der Waals surface area contributed by atoms with Crippen molar-refractivity contribution in [1.29, 1.82) is 0 Å². The molecular weight excluding hydrogens is 504 g/mol. The molecule has 1 saturated heterocycles. The summed E-state index contributed by atoms with van der Waals surface area (Å²) < 4.78 is 24.9. The molecule has 0 aliphatic carbocycles. The average molecular weight is 520 g/mol. The van der Waals surface area contributed by atoms with Crippen molar-refractivity contribution in [2.75, 3.05) is 6.61 Å². The first-order valence-electron chi connectivity index (χ1n) is 10.0. The quantitative estimate of drug-likeness (QED) is 0.263. The molecule has 6 nitrogen and oxygen atoms in total. The third-order valence-corrected chi connectivity index (χ3v) is 6.49. The summed E-state index contributed by atoms with van der Waals surface area (Å²) in [6.45, 7) is 1.63. The van der Waals surface area contributed by atoms with E-state index in [2.05, 4.69) is 0 Å². The summed E-state index contributed by atoms with van der Waals surface area (Å²) >= 11 is 12.9. The molecule has 0 unspecified atom stereocenters. The predicted molar refractivity (Wildman–Crippen MR) is 128 cm³/mol. The van der Waals surface area contributed by atoms with E-state index in [1.54, 1.807) is 37.3 Å². The molecule has 2 heterocycles. The number of nitrogens with zero attached hydrogens (tertiary/aromatic N) is 1. The van der Waals surface area contributed by atoms with Crippen molar-refractivity contribution in [2.24, 2.45) is 0 Å². The van der Waals surface area contributed by atoms with Gasteiger partial charge in [0.1, 0.15) is 17.3 Å². The summed E-state index contributed by atoms with van der Waals surface area (Å²) in [6.07, 6.45) is 1.43. The fourth-order valence-electron chi connectivity index (χ4n) is 3.24. The molecule has 4 rings (SSSR count). The first-order valence-corrected chi connectivity index (χ1v) is 11.6. The second-order valence-electron chi connectivity index (χ2n) is 7.09. The van der Waals surface area contributed by atoms with E-state index in [4.69, 9.17) is 32.4 Å². The summed E-state index contributed by atoms with van der Waals surface area (Å²) in [4.78, 5) is 38.3. The number of amides is 2. The highest BCUT2D eigenvalue weighted by Gasteiger charge is 2.36. The summed E-state index contributed by atoms with van der Waals surface area (Å²) in [5.41, 5.74) is 0.842. The van der Waals surface area contributed by atoms with Crippen molar-refractivity contribution < 1.29 is 27.9 Å². The van der Waals surface area contributed by atoms with Crippen LogP contribution < -0.4 is 0 Å². The van der Waals surface area contributed by atoms with Crippen LogP contribution in [0.3, 0.4) is 0 Å². The number of benzene rings is 2. The highest BCUT2D eigenvalue weighted by atomic mass is 35.5. The van der Waals surface area contributed by atoms with Crippen LogP contribution in [0.25, 0.3) is 17.4 Å². The molecule has 2 amide bonds. The zero-order valence-electron chi connectivity index (χ0n) is 17.6. The van der Waals surface area contributed by atoms with E-state index in [0.29, 0.717) is 17.1 Å². The van der Waals surface area contributed by atoms with Crippen LogP contribution in [0.1, 0.15) is 28.6 Å². The number of halogens is 3. The van der Waals surface area contributed by atoms with Crippen LogP contribution in [-0.4, -0.2) is 28.6 Å². The van der Waals surface area contributed by atoms with Gasteiger partial charge >= 0.3 is 5.97 Å².